The molecule has 0 saturated carbocycles. The zero-order valence-corrected chi connectivity index (χ0v) is 22.2. The standard InChI is InChI=1S/C26H25N3O8S/c1-6-37-25(31)22-14(2)27-26-28(23(22)15-7-9-17(34-3)10-8-15)24(30)21(38-26)12-16-11-18(29(32)33)20(36-5)13-19(16)35-4/h7-13,23H,6H2,1-5H3/b21-12+. The molecule has 198 valence electrons. The van der Waals surface area contributed by atoms with Gasteiger partial charge in [-0.05, 0) is 37.6 Å². The number of thiazole rings is 1. The topological polar surface area (TPSA) is 131 Å². The van der Waals surface area contributed by atoms with Crippen LogP contribution in [-0.2, 0) is 9.53 Å². The van der Waals surface area contributed by atoms with Crippen molar-refractivity contribution in [2.45, 2.75) is 19.9 Å². The van der Waals surface area contributed by atoms with E-state index in [4.69, 9.17) is 18.9 Å². The van der Waals surface area contributed by atoms with Crippen molar-refractivity contribution >= 4 is 29.1 Å². The van der Waals surface area contributed by atoms with Crippen LogP contribution < -0.4 is 29.1 Å². The van der Waals surface area contributed by atoms with Crippen molar-refractivity contribution in [3.05, 3.63) is 88.6 Å². The molecule has 38 heavy (non-hydrogen) atoms. The Morgan fingerprint density at radius 3 is 2.39 bits per heavy atom. The molecule has 1 atom stereocenters. The molecule has 0 spiro atoms. The van der Waals surface area contributed by atoms with E-state index < -0.39 is 22.5 Å². The van der Waals surface area contributed by atoms with Crippen molar-refractivity contribution in [3.8, 4) is 17.2 Å². The van der Waals surface area contributed by atoms with Crippen LogP contribution in [0.2, 0.25) is 0 Å². The molecule has 12 heteroatoms. The Hall–Kier alpha value is -4.45. The highest BCUT2D eigenvalue weighted by atomic mass is 32.1. The maximum atomic E-state index is 13.8. The summed E-state index contributed by atoms with van der Waals surface area (Å²) in [6.07, 6.45) is 1.50. The third-order valence-corrected chi connectivity index (χ3v) is 6.95. The van der Waals surface area contributed by atoms with Crippen LogP contribution in [0, 0.1) is 10.1 Å². The fraction of sp³-hybridized carbons (Fsp3) is 0.269. The highest BCUT2D eigenvalue weighted by Crippen LogP contribution is 2.35. The Bertz CT molecular complexity index is 1620. The second kappa shape index (κ2) is 10.9. The van der Waals surface area contributed by atoms with Gasteiger partial charge in [0, 0.05) is 17.7 Å². The summed E-state index contributed by atoms with van der Waals surface area (Å²) in [5, 5.41) is 11.6. The summed E-state index contributed by atoms with van der Waals surface area (Å²) in [7, 11) is 4.28. The van der Waals surface area contributed by atoms with E-state index in [0.29, 0.717) is 27.4 Å². The van der Waals surface area contributed by atoms with Crippen molar-refractivity contribution < 1.29 is 28.7 Å². The first-order chi connectivity index (χ1) is 18.2. The summed E-state index contributed by atoms with van der Waals surface area (Å²) in [6.45, 7) is 3.55. The van der Waals surface area contributed by atoms with Crippen LogP contribution in [-0.4, -0.2) is 43.4 Å². The molecule has 1 unspecified atom stereocenters. The van der Waals surface area contributed by atoms with Gasteiger partial charge in [0.05, 0.1) is 54.7 Å². The molecule has 1 aliphatic heterocycles. The predicted molar refractivity (Wildman–Crippen MR) is 140 cm³/mol. The average molecular weight is 540 g/mol. The quantitative estimate of drug-likeness (QED) is 0.243. The molecule has 11 nitrogen and oxygen atoms in total. The van der Waals surface area contributed by atoms with Gasteiger partial charge in [0.1, 0.15) is 11.5 Å². The van der Waals surface area contributed by atoms with Gasteiger partial charge in [-0.3, -0.25) is 19.5 Å². The van der Waals surface area contributed by atoms with Gasteiger partial charge in [-0.25, -0.2) is 9.79 Å². The minimum Gasteiger partial charge on any atom is -0.497 e. The fourth-order valence-electron chi connectivity index (χ4n) is 4.20. The van der Waals surface area contributed by atoms with Crippen molar-refractivity contribution in [1.82, 2.24) is 4.57 Å². The number of hydrogen-bond acceptors (Lipinski definition) is 10. The van der Waals surface area contributed by atoms with Gasteiger partial charge in [0.25, 0.3) is 5.56 Å². The van der Waals surface area contributed by atoms with Crippen LogP contribution in [0.25, 0.3) is 6.08 Å². The Balaban J connectivity index is 1.97. The van der Waals surface area contributed by atoms with E-state index in [9.17, 15) is 19.7 Å². The zero-order chi connectivity index (χ0) is 27.6. The van der Waals surface area contributed by atoms with Gasteiger partial charge in [-0.2, -0.15) is 0 Å². The molecule has 2 heterocycles. The molecule has 0 saturated heterocycles. The number of benzene rings is 2. The lowest BCUT2D eigenvalue weighted by molar-refractivity contribution is -0.385. The molecule has 0 aliphatic carbocycles. The number of nitro groups is 1. The SMILES string of the molecule is CCOC(=O)C1=C(C)N=c2s/c(=C/c3cc([N+](=O)[O-])c(OC)cc3OC)c(=O)n2C1c1ccc(OC)cc1. The molecule has 0 amide bonds. The number of nitro benzene ring substituents is 1. The maximum Gasteiger partial charge on any atom is 0.338 e. The summed E-state index contributed by atoms with van der Waals surface area (Å²) in [5.41, 5.74) is 0.942. The van der Waals surface area contributed by atoms with Crippen molar-refractivity contribution in [3.63, 3.8) is 0 Å². The van der Waals surface area contributed by atoms with Gasteiger partial charge in [0.2, 0.25) is 5.75 Å². The first-order valence-corrected chi connectivity index (χ1v) is 12.3. The van der Waals surface area contributed by atoms with Crippen LogP contribution in [0.15, 0.2) is 57.5 Å². The minimum atomic E-state index is -0.801. The van der Waals surface area contributed by atoms with Gasteiger partial charge in [-0.15, -0.1) is 0 Å². The summed E-state index contributed by atoms with van der Waals surface area (Å²) >= 11 is 1.10. The molecule has 0 N–H and O–H groups in total. The molecule has 0 bridgehead atoms. The molecule has 0 fully saturated rings. The van der Waals surface area contributed by atoms with E-state index in [1.165, 1.54) is 37.0 Å². The Kier molecular flexibility index (Phi) is 7.62. The summed E-state index contributed by atoms with van der Waals surface area (Å²) in [4.78, 5) is 42.7. The monoisotopic (exact) mass is 539 g/mol. The van der Waals surface area contributed by atoms with Crippen LogP contribution in [0.5, 0.6) is 17.2 Å². The van der Waals surface area contributed by atoms with Gasteiger partial charge in [0.15, 0.2) is 4.80 Å². The van der Waals surface area contributed by atoms with E-state index in [1.54, 1.807) is 45.2 Å². The molecular formula is C26H25N3O8S. The van der Waals surface area contributed by atoms with Crippen molar-refractivity contribution in [2.75, 3.05) is 27.9 Å². The fourth-order valence-corrected chi connectivity index (χ4v) is 5.23. The number of rotatable bonds is 8. The lowest BCUT2D eigenvalue weighted by Crippen LogP contribution is -2.39. The Morgan fingerprint density at radius 1 is 1.13 bits per heavy atom. The zero-order valence-electron chi connectivity index (χ0n) is 21.3. The smallest absolute Gasteiger partial charge is 0.338 e. The molecule has 0 radical (unpaired) electrons. The molecule has 2 aromatic carbocycles. The van der Waals surface area contributed by atoms with E-state index in [1.807, 2.05) is 0 Å². The number of esters is 1. The molecule has 3 aromatic rings. The third kappa shape index (κ3) is 4.77. The van der Waals surface area contributed by atoms with E-state index in [-0.39, 0.29) is 33.9 Å². The summed E-state index contributed by atoms with van der Waals surface area (Å²) < 4.78 is 22.8. The number of fused-ring (bicyclic) bond motifs is 1. The Morgan fingerprint density at radius 2 is 1.82 bits per heavy atom. The summed E-state index contributed by atoms with van der Waals surface area (Å²) in [5.74, 6) is 0.358. The molecule has 1 aliphatic rings. The van der Waals surface area contributed by atoms with E-state index >= 15 is 0 Å². The average Bonchev–Trinajstić information content (AvgIpc) is 3.21. The second-order valence-electron chi connectivity index (χ2n) is 8.10. The Labute approximate surface area is 221 Å². The van der Waals surface area contributed by atoms with Gasteiger partial charge in [-0.1, -0.05) is 23.5 Å². The minimum absolute atomic E-state index is 0.0275. The van der Waals surface area contributed by atoms with Crippen LogP contribution in [0.1, 0.15) is 31.0 Å². The number of carbonyl (C=O) groups is 1. The van der Waals surface area contributed by atoms with Crippen molar-refractivity contribution in [2.24, 2.45) is 4.99 Å². The highest BCUT2D eigenvalue weighted by Gasteiger charge is 2.33. The van der Waals surface area contributed by atoms with Crippen LogP contribution in [0.4, 0.5) is 5.69 Å². The number of carbonyl (C=O) groups excluding carboxylic acids is 1. The van der Waals surface area contributed by atoms with Crippen LogP contribution in [0.3, 0.4) is 0 Å². The number of allylic oxidation sites excluding steroid dienone is 1. The number of nitrogens with zero attached hydrogens (tertiary/aromatic N) is 3. The molecule has 4 rings (SSSR count). The van der Waals surface area contributed by atoms with E-state index in [2.05, 4.69) is 4.99 Å². The third-order valence-electron chi connectivity index (χ3n) is 5.96. The number of aromatic nitrogens is 1. The van der Waals surface area contributed by atoms with Crippen molar-refractivity contribution in [1.29, 1.82) is 0 Å². The largest absolute Gasteiger partial charge is 0.497 e. The normalized spacial score (nSPS) is 15.0. The first kappa shape index (κ1) is 26.6. The van der Waals surface area contributed by atoms with Gasteiger partial charge >= 0.3 is 11.7 Å². The first-order valence-electron chi connectivity index (χ1n) is 11.5. The highest BCUT2D eigenvalue weighted by molar-refractivity contribution is 7.07. The summed E-state index contributed by atoms with van der Waals surface area (Å²) in [6, 6.07) is 8.90. The number of methoxy groups -OCH3 is 3. The lowest BCUT2D eigenvalue weighted by Gasteiger charge is -2.24. The lowest BCUT2D eigenvalue weighted by atomic mass is 9.96. The molecule has 1 aromatic heterocycles. The van der Waals surface area contributed by atoms with Crippen LogP contribution >= 0.6 is 11.3 Å². The number of ether oxygens (including phenoxy) is 4. The number of hydrogen-bond donors (Lipinski definition) is 0. The molecular weight excluding hydrogens is 514 g/mol. The predicted octanol–water partition coefficient (Wildman–Crippen LogP) is 2.73. The second-order valence-corrected chi connectivity index (χ2v) is 9.11. The van der Waals surface area contributed by atoms with E-state index in [0.717, 1.165) is 11.3 Å². The maximum absolute atomic E-state index is 13.8. The van der Waals surface area contributed by atoms with Gasteiger partial charge < -0.3 is 18.9 Å².